The summed E-state index contributed by atoms with van der Waals surface area (Å²) in [5.74, 6) is 0.755. The maximum Gasteiger partial charge on any atom is 0.182 e. The monoisotopic (exact) mass is 402 g/mol. The number of hydrogen-bond acceptors (Lipinski definition) is 2. The van der Waals surface area contributed by atoms with Gasteiger partial charge in [-0.05, 0) is 52.4 Å². The lowest BCUT2D eigenvalue weighted by Gasteiger charge is -2.09. The Morgan fingerprint density at radius 2 is 1.95 bits per heavy atom. The van der Waals surface area contributed by atoms with E-state index in [2.05, 4.69) is 20.9 Å². The van der Waals surface area contributed by atoms with Gasteiger partial charge in [0.15, 0.2) is 4.77 Å². The standard InChI is InChI=1S/C14H9BrCl2N2OS/c1-20-7-2-4-10-9(6-7)18-14(21)19(10)11-5-3-8(15)12(16)13(11)17/h2-6H,1H3,(H,18,21). The van der Waals surface area contributed by atoms with Crippen LogP contribution in [0.1, 0.15) is 0 Å². The number of fused-ring (bicyclic) bond motifs is 1. The summed E-state index contributed by atoms with van der Waals surface area (Å²) in [5.41, 5.74) is 2.50. The van der Waals surface area contributed by atoms with E-state index < -0.39 is 0 Å². The molecule has 0 bridgehead atoms. The minimum absolute atomic E-state index is 0.443. The van der Waals surface area contributed by atoms with Crippen LogP contribution in [0.4, 0.5) is 0 Å². The maximum atomic E-state index is 6.35. The Balaban J connectivity index is 2.33. The number of H-pyrrole nitrogens is 1. The second-order valence-electron chi connectivity index (χ2n) is 4.34. The lowest BCUT2D eigenvalue weighted by Crippen LogP contribution is -1.96. The van der Waals surface area contributed by atoms with Gasteiger partial charge in [-0.2, -0.15) is 0 Å². The van der Waals surface area contributed by atoms with E-state index in [4.69, 9.17) is 40.2 Å². The molecular formula is C14H9BrCl2N2OS. The Kier molecular flexibility index (Phi) is 4.01. The van der Waals surface area contributed by atoms with Gasteiger partial charge in [-0.3, -0.25) is 4.57 Å². The van der Waals surface area contributed by atoms with Crippen molar-refractivity contribution in [3.63, 3.8) is 0 Å². The van der Waals surface area contributed by atoms with Crippen LogP contribution in [0, 0.1) is 4.77 Å². The molecule has 0 aliphatic rings. The van der Waals surface area contributed by atoms with Gasteiger partial charge >= 0.3 is 0 Å². The highest BCUT2D eigenvalue weighted by Gasteiger charge is 2.14. The van der Waals surface area contributed by atoms with Crippen molar-refractivity contribution in [2.45, 2.75) is 0 Å². The molecule has 0 saturated heterocycles. The molecule has 1 N–H and O–H groups in total. The van der Waals surface area contributed by atoms with Gasteiger partial charge in [-0.1, -0.05) is 23.2 Å². The number of ether oxygens (including phenoxy) is 1. The predicted octanol–water partition coefficient (Wildman–Crippen LogP) is 5.77. The molecule has 3 nitrogen and oxygen atoms in total. The number of nitrogens with one attached hydrogen (secondary N) is 1. The number of halogens is 3. The second kappa shape index (κ2) is 5.65. The van der Waals surface area contributed by atoms with Gasteiger partial charge < -0.3 is 9.72 Å². The molecule has 0 atom stereocenters. The first-order chi connectivity index (χ1) is 10.0. The highest BCUT2D eigenvalue weighted by molar-refractivity contribution is 9.10. The summed E-state index contributed by atoms with van der Waals surface area (Å²) < 4.78 is 8.35. The third-order valence-corrected chi connectivity index (χ3v) is 5.19. The van der Waals surface area contributed by atoms with Crippen molar-refractivity contribution in [3.8, 4) is 11.4 Å². The van der Waals surface area contributed by atoms with E-state index >= 15 is 0 Å². The van der Waals surface area contributed by atoms with Crippen molar-refractivity contribution < 1.29 is 4.74 Å². The molecule has 3 aromatic rings. The van der Waals surface area contributed by atoms with Crippen molar-refractivity contribution in [3.05, 3.63) is 49.6 Å². The largest absolute Gasteiger partial charge is 0.497 e. The summed E-state index contributed by atoms with van der Waals surface area (Å²) in [6.45, 7) is 0. The van der Waals surface area contributed by atoms with Crippen molar-refractivity contribution in [1.82, 2.24) is 9.55 Å². The molecule has 0 aliphatic carbocycles. The summed E-state index contributed by atoms with van der Waals surface area (Å²) in [4.78, 5) is 3.15. The summed E-state index contributed by atoms with van der Waals surface area (Å²) in [6.07, 6.45) is 0. The van der Waals surface area contributed by atoms with Gasteiger partial charge in [-0.15, -0.1) is 0 Å². The number of aromatic amines is 1. The highest BCUT2D eigenvalue weighted by Crippen LogP contribution is 2.36. The quantitative estimate of drug-likeness (QED) is 0.435. The lowest BCUT2D eigenvalue weighted by atomic mass is 10.2. The average molecular weight is 404 g/mol. The molecule has 0 spiro atoms. The zero-order valence-corrected chi connectivity index (χ0v) is 14.7. The molecule has 1 heterocycles. The number of hydrogen-bond donors (Lipinski definition) is 1. The molecule has 0 amide bonds. The number of benzene rings is 2. The average Bonchev–Trinajstić information content (AvgIpc) is 2.80. The molecule has 0 saturated carbocycles. The molecule has 0 fully saturated rings. The minimum Gasteiger partial charge on any atom is -0.497 e. The molecule has 0 aliphatic heterocycles. The van der Waals surface area contributed by atoms with Crippen LogP contribution in [-0.2, 0) is 0 Å². The summed E-state index contributed by atoms with van der Waals surface area (Å²) in [6, 6.07) is 9.39. The molecule has 0 unspecified atom stereocenters. The zero-order valence-electron chi connectivity index (χ0n) is 10.8. The van der Waals surface area contributed by atoms with E-state index in [-0.39, 0.29) is 0 Å². The van der Waals surface area contributed by atoms with Gasteiger partial charge in [0.2, 0.25) is 0 Å². The molecule has 21 heavy (non-hydrogen) atoms. The fraction of sp³-hybridized carbons (Fsp3) is 0.0714. The van der Waals surface area contributed by atoms with Crippen LogP contribution in [0.15, 0.2) is 34.8 Å². The van der Waals surface area contributed by atoms with Gasteiger partial charge in [0, 0.05) is 10.5 Å². The van der Waals surface area contributed by atoms with Crippen molar-refractivity contribution in [1.29, 1.82) is 0 Å². The third-order valence-electron chi connectivity index (χ3n) is 3.15. The number of aromatic nitrogens is 2. The Bertz CT molecular complexity index is 904. The fourth-order valence-electron chi connectivity index (χ4n) is 2.15. The molecule has 0 radical (unpaired) electrons. The Hall–Kier alpha value is -1.01. The molecule has 2 aromatic carbocycles. The predicted molar refractivity (Wildman–Crippen MR) is 92.7 cm³/mol. The minimum atomic E-state index is 0.443. The maximum absolute atomic E-state index is 6.35. The van der Waals surface area contributed by atoms with E-state index in [1.165, 1.54) is 0 Å². The first kappa shape index (κ1) is 14.9. The van der Waals surface area contributed by atoms with Crippen molar-refractivity contribution in [2.75, 3.05) is 7.11 Å². The number of methoxy groups -OCH3 is 1. The van der Waals surface area contributed by atoms with Crippen LogP contribution < -0.4 is 4.74 Å². The SMILES string of the molecule is COc1ccc2c(c1)[nH]c(=S)n2-c1ccc(Br)c(Cl)c1Cl. The zero-order chi connectivity index (χ0) is 15.1. The first-order valence-corrected chi connectivity index (χ1v) is 7.91. The first-order valence-electron chi connectivity index (χ1n) is 5.95. The lowest BCUT2D eigenvalue weighted by molar-refractivity contribution is 0.415. The summed E-state index contributed by atoms with van der Waals surface area (Å²) >= 11 is 21.3. The highest BCUT2D eigenvalue weighted by atomic mass is 79.9. The van der Waals surface area contributed by atoms with Crippen LogP contribution in [0.2, 0.25) is 10.0 Å². The van der Waals surface area contributed by atoms with Crippen LogP contribution in [-0.4, -0.2) is 16.7 Å². The molecule has 1 aromatic heterocycles. The number of rotatable bonds is 2. The number of imidazole rings is 1. The third kappa shape index (κ3) is 2.48. The topological polar surface area (TPSA) is 29.9 Å². The van der Waals surface area contributed by atoms with Crippen LogP contribution in [0.25, 0.3) is 16.7 Å². The summed E-state index contributed by atoms with van der Waals surface area (Å²) in [5, 5.41) is 0.901. The van der Waals surface area contributed by atoms with E-state index in [1.54, 1.807) is 7.11 Å². The van der Waals surface area contributed by atoms with E-state index in [0.29, 0.717) is 14.8 Å². The van der Waals surface area contributed by atoms with E-state index in [1.807, 2.05) is 34.9 Å². The molecule has 3 rings (SSSR count). The van der Waals surface area contributed by atoms with Crippen molar-refractivity contribution in [2.24, 2.45) is 0 Å². The Morgan fingerprint density at radius 1 is 1.19 bits per heavy atom. The van der Waals surface area contributed by atoms with Crippen LogP contribution >= 0.6 is 51.3 Å². The van der Waals surface area contributed by atoms with Crippen LogP contribution in [0.5, 0.6) is 5.75 Å². The Morgan fingerprint density at radius 3 is 2.67 bits per heavy atom. The summed E-state index contributed by atoms with van der Waals surface area (Å²) in [7, 11) is 1.62. The van der Waals surface area contributed by atoms with Crippen LogP contribution in [0.3, 0.4) is 0 Å². The van der Waals surface area contributed by atoms with Gasteiger partial charge in [-0.25, -0.2) is 0 Å². The number of nitrogens with zero attached hydrogens (tertiary/aromatic N) is 1. The van der Waals surface area contributed by atoms with Gasteiger partial charge in [0.1, 0.15) is 5.75 Å². The fourth-order valence-corrected chi connectivity index (χ4v) is 3.31. The van der Waals surface area contributed by atoms with E-state index in [9.17, 15) is 0 Å². The molecule has 7 heteroatoms. The molecular weight excluding hydrogens is 395 g/mol. The second-order valence-corrected chi connectivity index (χ2v) is 6.34. The van der Waals surface area contributed by atoms with Gasteiger partial charge in [0.05, 0.1) is 33.9 Å². The normalized spacial score (nSPS) is 11.0. The molecule has 108 valence electrons. The van der Waals surface area contributed by atoms with Crippen molar-refractivity contribution >= 4 is 62.4 Å². The van der Waals surface area contributed by atoms with E-state index in [0.717, 1.165) is 26.9 Å². The van der Waals surface area contributed by atoms with Gasteiger partial charge in [0.25, 0.3) is 0 Å². The smallest absolute Gasteiger partial charge is 0.182 e. The Labute approximate surface area is 144 Å².